The molecule has 1 aliphatic carbocycles. The highest BCUT2D eigenvalue weighted by Gasteiger charge is 2.32. The molecule has 9 heteroatoms. The van der Waals surface area contributed by atoms with Crippen LogP contribution >= 0.6 is 11.6 Å². The van der Waals surface area contributed by atoms with Gasteiger partial charge in [-0.2, -0.15) is 0 Å². The minimum absolute atomic E-state index is 0.0327. The second-order valence-electron chi connectivity index (χ2n) is 9.94. The van der Waals surface area contributed by atoms with Crippen LogP contribution in [0.15, 0.2) is 97.1 Å². The van der Waals surface area contributed by atoms with Crippen molar-refractivity contribution in [3.63, 3.8) is 0 Å². The maximum absolute atomic E-state index is 13.4. The first-order valence-electron chi connectivity index (χ1n) is 13.4. The van der Waals surface area contributed by atoms with Crippen LogP contribution in [0.2, 0.25) is 5.02 Å². The molecule has 4 aromatic carbocycles. The first kappa shape index (κ1) is 28.9. The molecule has 5 rings (SSSR count). The van der Waals surface area contributed by atoms with Crippen molar-refractivity contribution in [1.29, 1.82) is 0 Å². The zero-order valence-electron chi connectivity index (χ0n) is 22.8. The van der Waals surface area contributed by atoms with Gasteiger partial charge in [0, 0.05) is 11.6 Å². The molecule has 1 aliphatic rings. The van der Waals surface area contributed by atoms with Crippen LogP contribution in [0.1, 0.15) is 39.9 Å². The molecule has 8 nitrogen and oxygen atoms in total. The first-order valence-corrected chi connectivity index (χ1v) is 13.8. The molecule has 0 radical (unpaired) electrons. The number of carboxylic acid groups (broad SMARTS) is 1. The molecule has 42 heavy (non-hydrogen) atoms. The molecule has 0 heterocycles. The summed E-state index contributed by atoms with van der Waals surface area (Å²) < 4.78 is 11.6. The molecule has 4 aromatic rings. The number of alkyl carbamates (subject to hydrolysis) is 1. The van der Waals surface area contributed by atoms with Crippen molar-refractivity contribution in [1.82, 2.24) is 5.32 Å². The van der Waals surface area contributed by atoms with E-state index in [2.05, 4.69) is 22.8 Å². The highest BCUT2D eigenvalue weighted by molar-refractivity contribution is 6.33. The van der Waals surface area contributed by atoms with Crippen LogP contribution in [0.25, 0.3) is 11.1 Å². The summed E-state index contributed by atoms with van der Waals surface area (Å²) in [5, 5.41) is 14.6. The van der Waals surface area contributed by atoms with E-state index in [0.717, 1.165) is 27.8 Å². The van der Waals surface area contributed by atoms with Gasteiger partial charge in [-0.3, -0.25) is 4.79 Å². The van der Waals surface area contributed by atoms with Gasteiger partial charge in [0.15, 0.2) is 0 Å². The standard InChI is InChI=1S/C33H29ClN2O6/c1-20(41-18-21-9-3-2-4-10-21)30(31(37)35-22-15-16-27(32(38)39)29(34)17-22)36-33(40)42-19-28-25-13-7-5-11-23(25)24-12-6-8-14-26(24)28/h2-17,20,28,30H,18-19H2,1H3,(H,35,37)(H,36,40)(H,38,39)/t20-,30+/m0/s1. The van der Waals surface area contributed by atoms with Gasteiger partial charge in [-0.05, 0) is 52.9 Å². The monoisotopic (exact) mass is 584 g/mol. The van der Waals surface area contributed by atoms with E-state index in [9.17, 15) is 19.5 Å². The van der Waals surface area contributed by atoms with Gasteiger partial charge < -0.3 is 25.2 Å². The smallest absolute Gasteiger partial charge is 0.407 e. The van der Waals surface area contributed by atoms with Gasteiger partial charge in [-0.15, -0.1) is 0 Å². The number of carbonyl (C=O) groups excluding carboxylic acids is 2. The molecular weight excluding hydrogens is 556 g/mol. The average Bonchev–Trinajstić information content (AvgIpc) is 3.31. The first-order chi connectivity index (χ1) is 20.3. The van der Waals surface area contributed by atoms with Crippen molar-refractivity contribution < 1.29 is 29.0 Å². The molecule has 3 N–H and O–H groups in total. The van der Waals surface area contributed by atoms with E-state index in [1.54, 1.807) is 6.92 Å². The van der Waals surface area contributed by atoms with Crippen LogP contribution in [-0.2, 0) is 20.9 Å². The fraction of sp³-hybridized carbons (Fsp3) is 0.182. The Bertz CT molecular complexity index is 1560. The molecule has 2 amide bonds. The number of nitrogens with one attached hydrogen (secondary N) is 2. The molecule has 0 bridgehead atoms. The quantitative estimate of drug-likeness (QED) is 0.196. The number of halogens is 1. The Labute approximate surface area is 248 Å². The minimum atomic E-state index is -1.18. The summed E-state index contributed by atoms with van der Waals surface area (Å²) in [5.41, 5.74) is 5.43. The van der Waals surface area contributed by atoms with Crippen LogP contribution < -0.4 is 10.6 Å². The Morgan fingerprint density at radius 3 is 2.12 bits per heavy atom. The fourth-order valence-electron chi connectivity index (χ4n) is 5.05. The number of carboxylic acids is 1. The number of hydrogen-bond acceptors (Lipinski definition) is 5. The predicted octanol–water partition coefficient (Wildman–Crippen LogP) is 6.49. The Morgan fingerprint density at radius 1 is 0.881 bits per heavy atom. The summed E-state index contributed by atoms with van der Waals surface area (Å²) in [6.45, 7) is 1.98. The van der Waals surface area contributed by atoms with E-state index >= 15 is 0 Å². The molecule has 0 fully saturated rings. The third-order valence-corrected chi connectivity index (χ3v) is 7.50. The molecule has 0 saturated heterocycles. The number of anilines is 1. The van der Waals surface area contributed by atoms with E-state index in [0.29, 0.717) is 0 Å². The molecule has 2 atom stereocenters. The Kier molecular flexibility index (Phi) is 8.85. The summed E-state index contributed by atoms with van der Waals surface area (Å²) in [5.74, 6) is -1.91. The highest BCUT2D eigenvalue weighted by atomic mass is 35.5. The van der Waals surface area contributed by atoms with Gasteiger partial charge in [-0.1, -0.05) is 90.5 Å². The fourth-order valence-corrected chi connectivity index (χ4v) is 5.31. The Hall–Kier alpha value is -4.66. The third-order valence-electron chi connectivity index (χ3n) is 7.19. The van der Waals surface area contributed by atoms with Crippen molar-refractivity contribution in [2.45, 2.75) is 31.6 Å². The summed E-state index contributed by atoms with van der Waals surface area (Å²) in [7, 11) is 0. The summed E-state index contributed by atoms with van der Waals surface area (Å²) >= 11 is 6.08. The summed E-state index contributed by atoms with van der Waals surface area (Å²) in [6, 6.07) is 28.4. The number of ether oxygens (including phenoxy) is 2. The largest absolute Gasteiger partial charge is 0.478 e. The lowest BCUT2D eigenvalue weighted by Gasteiger charge is -2.25. The number of rotatable bonds is 10. The molecular formula is C33H29ClN2O6. The van der Waals surface area contributed by atoms with Crippen molar-refractivity contribution in [3.8, 4) is 11.1 Å². The SMILES string of the molecule is C[C@H](OCc1ccccc1)[C@@H](NC(=O)OCC1c2ccccc2-c2ccccc21)C(=O)Nc1ccc(C(=O)O)c(Cl)c1. The zero-order valence-corrected chi connectivity index (χ0v) is 23.5. The number of carbonyl (C=O) groups is 3. The van der Waals surface area contributed by atoms with Crippen LogP contribution in [-0.4, -0.2) is 41.8 Å². The van der Waals surface area contributed by atoms with Crippen molar-refractivity contribution >= 4 is 35.3 Å². The van der Waals surface area contributed by atoms with Crippen LogP contribution in [0.5, 0.6) is 0 Å². The van der Waals surface area contributed by atoms with Gasteiger partial charge in [0.05, 0.1) is 23.3 Å². The summed E-state index contributed by atoms with van der Waals surface area (Å²) in [6.07, 6.45) is -1.52. The van der Waals surface area contributed by atoms with Gasteiger partial charge in [0.1, 0.15) is 12.6 Å². The van der Waals surface area contributed by atoms with E-state index in [1.807, 2.05) is 66.7 Å². The lowest BCUT2D eigenvalue weighted by atomic mass is 9.98. The number of amides is 2. The van der Waals surface area contributed by atoms with E-state index < -0.39 is 30.1 Å². The molecule has 0 aliphatic heterocycles. The number of fused-ring (bicyclic) bond motifs is 3. The lowest BCUT2D eigenvalue weighted by Crippen LogP contribution is -2.51. The van der Waals surface area contributed by atoms with Gasteiger partial charge in [-0.25, -0.2) is 9.59 Å². The van der Waals surface area contributed by atoms with Crippen molar-refractivity contribution in [2.24, 2.45) is 0 Å². The van der Waals surface area contributed by atoms with Crippen LogP contribution in [0, 0.1) is 0 Å². The molecule has 214 valence electrons. The Balaban J connectivity index is 1.29. The normalized spacial score (nSPS) is 13.4. The van der Waals surface area contributed by atoms with Gasteiger partial charge in [0.2, 0.25) is 5.91 Å². The van der Waals surface area contributed by atoms with Gasteiger partial charge >= 0.3 is 12.1 Å². The van der Waals surface area contributed by atoms with Gasteiger partial charge in [0.25, 0.3) is 0 Å². The molecule has 0 saturated carbocycles. The Morgan fingerprint density at radius 2 is 1.50 bits per heavy atom. The van der Waals surface area contributed by atoms with Crippen LogP contribution in [0.4, 0.5) is 10.5 Å². The van der Waals surface area contributed by atoms with E-state index in [-0.39, 0.29) is 35.4 Å². The number of hydrogen-bond donors (Lipinski definition) is 3. The van der Waals surface area contributed by atoms with E-state index in [4.69, 9.17) is 21.1 Å². The molecule has 0 unspecified atom stereocenters. The number of benzene rings is 4. The average molecular weight is 585 g/mol. The third kappa shape index (κ3) is 6.46. The van der Waals surface area contributed by atoms with Crippen molar-refractivity contribution in [2.75, 3.05) is 11.9 Å². The van der Waals surface area contributed by atoms with E-state index in [1.165, 1.54) is 18.2 Å². The maximum atomic E-state index is 13.4. The second-order valence-corrected chi connectivity index (χ2v) is 10.3. The lowest BCUT2D eigenvalue weighted by molar-refractivity contribution is -0.121. The molecule has 0 aromatic heterocycles. The second kappa shape index (κ2) is 12.9. The van der Waals surface area contributed by atoms with Crippen molar-refractivity contribution in [3.05, 3.63) is 124 Å². The zero-order chi connectivity index (χ0) is 29.6. The summed E-state index contributed by atoms with van der Waals surface area (Å²) in [4.78, 5) is 37.8. The maximum Gasteiger partial charge on any atom is 0.407 e. The topological polar surface area (TPSA) is 114 Å². The molecule has 0 spiro atoms. The number of aromatic carboxylic acids is 1. The van der Waals surface area contributed by atoms with Crippen LogP contribution in [0.3, 0.4) is 0 Å². The predicted molar refractivity (Wildman–Crippen MR) is 160 cm³/mol. The highest BCUT2D eigenvalue weighted by Crippen LogP contribution is 2.44. The minimum Gasteiger partial charge on any atom is -0.478 e.